The van der Waals surface area contributed by atoms with Crippen LogP contribution in [0, 0.1) is 13.8 Å². The van der Waals surface area contributed by atoms with E-state index in [1.807, 2.05) is 24.8 Å². The maximum absolute atomic E-state index is 12.5. The second-order valence-corrected chi connectivity index (χ2v) is 5.44. The van der Waals surface area contributed by atoms with Gasteiger partial charge in [0.15, 0.2) is 0 Å². The van der Waals surface area contributed by atoms with E-state index >= 15 is 0 Å². The zero-order valence-electron chi connectivity index (χ0n) is 13.3. The fraction of sp³-hybridized carbons (Fsp3) is 0.714. The number of ether oxygens (including phenoxy) is 1. The van der Waals surface area contributed by atoms with Gasteiger partial charge in [0.25, 0.3) is 0 Å². The number of nitrogens with zero attached hydrogens (tertiary/aromatic N) is 3. The minimum atomic E-state index is 0. The number of aromatic nitrogens is 2. The highest BCUT2D eigenvalue weighted by molar-refractivity contribution is 5.85. The van der Waals surface area contributed by atoms with E-state index in [0.717, 1.165) is 24.2 Å². The molecule has 2 unspecified atom stereocenters. The van der Waals surface area contributed by atoms with Gasteiger partial charge in [0.1, 0.15) is 6.54 Å². The zero-order valence-corrected chi connectivity index (χ0v) is 15.0. The Morgan fingerprint density at radius 1 is 1.45 bits per heavy atom. The molecule has 22 heavy (non-hydrogen) atoms. The van der Waals surface area contributed by atoms with Crippen molar-refractivity contribution in [2.24, 2.45) is 5.73 Å². The Morgan fingerprint density at radius 2 is 2.14 bits per heavy atom. The van der Waals surface area contributed by atoms with Gasteiger partial charge in [0, 0.05) is 31.9 Å². The summed E-state index contributed by atoms with van der Waals surface area (Å²) in [4.78, 5) is 14.3. The Kier molecular flexibility index (Phi) is 9.00. The van der Waals surface area contributed by atoms with Crippen molar-refractivity contribution in [3.8, 4) is 0 Å². The summed E-state index contributed by atoms with van der Waals surface area (Å²) in [5.41, 5.74) is 7.74. The Hall–Kier alpha value is -0.820. The lowest BCUT2D eigenvalue weighted by molar-refractivity contribution is -0.137. The van der Waals surface area contributed by atoms with Crippen molar-refractivity contribution in [3.63, 3.8) is 0 Å². The molecule has 2 heterocycles. The molecule has 1 amide bonds. The standard InChI is InChI=1S/C14H24N4O2.2ClH/c1-10-6-11(2)18(16-10)9-14(19)17-5-4-13(20-3)7-12(17)8-15;;/h6,12-13H,4-5,7-9,15H2,1-3H3;2*1H. The summed E-state index contributed by atoms with van der Waals surface area (Å²) in [5, 5.41) is 4.34. The summed E-state index contributed by atoms with van der Waals surface area (Å²) in [6, 6.07) is 2.04. The number of piperidine rings is 1. The molecule has 0 bridgehead atoms. The van der Waals surface area contributed by atoms with Gasteiger partial charge in [-0.05, 0) is 32.8 Å². The van der Waals surface area contributed by atoms with Crippen LogP contribution in [0.2, 0.25) is 0 Å². The molecule has 1 aliphatic heterocycles. The van der Waals surface area contributed by atoms with Crippen LogP contribution in [0.15, 0.2) is 6.07 Å². The zero-order chi connectivity index (χ0) is 14.7. The Morgan fingerprint density at radius 3 is 2.64 bits per heavy atom. The summed E-state index contributed by atoms with van der Waals surface area (Å²) in [6.07, 6.45) is 1.90. The topological polar surface area (TPSA) is 73.4 Å². The van der Waals surface area contributed by atoms with Gasteiger partial charge in [0.2, 0.25) is 5.91 Å². The molecule has 0 saturated carbocycles. The second-order valence-electron chi connectivity index (χ2n) is 5.44. The van der Waals surface area contributed by atoms with Crippen LogP contribution in [0.25, 0.3) is 0 Å². The van der Waals surface area contributed by atoms with E-state index in [-0.39, 0.29) is 49.4 Å². The molecule has 128 valence electrons. The first-order valence-electron chi connectivity index (χ1n) is 7.08. The SMILES string of the molecule is COC1CCN(C(=O)Cn2nc(C)cc2C)C(CN)C1.Cl.Cl. The number of carbonyl (C=O) groups excluding carboxylic acids is 1. The van der Waals surface area contributed by atoms with Crippen molar-refractivity contribution in [1.82, 2.24) is 14.7 Å². The third kappa shape index (κ3) is 4.84. The van der Waals surface area contributed by atoms with Crippen molar-refractivity contribution in [1.29, 1.82) is 0 Å². The van der Waals surface area contributed by atoms with Crippen LogP contribution in [0.5, 0.6) is 0 Å². The Balaban J connectivity index is 0.00000220. The van der Waals surface area contributed by atoms with E-state index in [0.29, 0.717) is 13.1 Å². The number of carbonyl (C=O) groups is 1. The van der Waals surface area contributed by atoms with Gasteiger partial charge in [-0.25, -0.2) is 0 Å². The fourth-order valence-electron chi connectivity index (χ4n) is 2.83. The normalized spacial score (nSPS) is 21.0. The lowest BCUT2D eigenvalue weighted by Gasteiger charge is -2.38. The lowest BCUT2D eigenvalue weighted by atomic mass is 9.99. The van der Waals surface area contributed by atoms with Crippen molar-refractivity contribution in [2.75, 3.05) is 20.2 Å². The van der Waals surface area contributed by atoms with Crippen LogP contribution in [-0.2, 0) is 16.1 Å². The molecule has 0 spiro atoms. The van der Waals surface area contributed by atoms with Gasteiger partial charge >= 0.3 is 0 Å². The predicted molar refractivity (Wildman–Crippen MR) is 90.8 cm³/mol. The average molecular weight is 353 g/mol. The maximum Gasteiger partial charge on any atom is 0.244 e. The van der Waals surface area contributed by atoms with Gasteiger partial charge in [0.05, 0.1) is 11.8 Å². The molecule has 0 radical (unpaired) electrons. The monoisotopic (exact) mass is 352 g/mol. The molecule has 1 fully saturated rings. The van der Waals surface area contributed by atoms with E-state index in [4.69, 9.17) is 10.5 Å². The molecular weight excluding hydrogens is 327 g/mol. The molecule has 1 saturated heterocycles. The van der Waals surface area contributed by atoms with Crippen LogP contribution >= 0.6 is 24.8 Å². The molecule has 2 rings (SSSR count). The number of hydrogen-bond acceptors (Lipinski definition) is 4. The summed E-state index contributed by atoms with van der Waals surface area (Å²) in [5.74, 6) is 0.0844. The summed E-state index contributed by atoms with van der Waals surface area (Å²) >= 11 is 0. The van der Waals surface area contributed by atoms with E-state index in [9.17, 15) is 4.79 Å². The Labute approximate surface area is 144 Å². The highest BCUT2D eigenvalue weighted by Crippen LogP contribution is 2.19. The van der Waals surface area contributed by atoms with Crippen LogP contribution in [0.4, 0.5) is 0 Å². The predicted octanol–water partition coefficient (Wildman–Crippen LogP) is 1.31. The van der Waals surface area contributed by atoms with Gasteiger partial charge in [-0.3, -0.25) is 9.48 Å². The van der Waals surface area contributed by atoms with Gasteiger partial charge in [-0.1, -0.05) is 0 Å². The number of aryl methyl sites for hydroxylation is 2. The van der Waals surface area contributed by atoms with E-state index in [2.05, 4.69) is 5.10 Å². The number of halogens is 2. The smallest absolute Gasteiger partial charge is 0.244 e. The number of hydrogen-bond donors (Lipinski definition) is 1. The summed E-state index contributed by atoms with van der Waals surface area (Å²) in [7, 11) is 1.71. The number of methoxy groups -OCH3 is 1. The molecule has 2 atom stereocenters. The molecule has 6 nitrogen and oxygen atoms in total. The van der Waals surface area contributed by atoms with Crippen molar-refractivity contribution in [2.45, 2.75) is 45.4 Å². The van der Waals surface area contributed by atoms with Crippen LogP contribution in [-0.4, -0.2) is 52.9 Å². The van der Waals surface area contributed by atoms with Crippen molar-refractivity contribution in [3.05, 3.63) is 17.5 Å². The first-order chi connectivity index (χ1) is 9.55. The molecule has 1 aromatic heterocycles. The van der Waals surface area contributed by atoms with Gasteiger partial charge in [-0.2, -0.15) is 5.10 Å². The molecule has 2 N–H and O–H groups in total. The molecule has 0 aromatic carbocycles. The van der Waals surface area contributed by atoms with Crippen molar-refractivity contribution >= 4 is 30.7 Å². The number of rotatable bonds is 4. The van der Waals surface area contributed by atoms with E-state index < -0.39 is 0 Å². The van der Waals surface area contributed by atoms with E-state index in [1.165, 1.54) is 0 Å². The quantitative estimate of drug-likeness (QED) is 0.886. The van der Waals surface area contributed by atoms with Crippen LogP contribution < -0.4 is 5.73 Å². The molecular formula is C14H26Cl2N4O2. The number of amides is 1. The first-order valence-corrected chi connectivity index (χ1v) is 7.08. The summed E-state index contributed by atoms with van der Waals surface area (Å²) in [6.45, 7) is 5.36. The number of nitrogens with two attached hydrogens (primary N) is 1. The largest absolute Gasteiger partial charge is 0.381 e. The first kappa shape index (κ1) is 21.2. The molecule has 1 aliphatic rings. The third-order valence-corrected chi connectivity index (χ3v) is 3.98. The maximum atomic E-state index is 12.5. The summed E-state index contributed by atoms with van der Waals surface area (Å²) < 4.78 is 7.14. The second kappa shape index (κ2) is 9.35. The number of likely N-dealkylation sites (tertiary alicyclic amines) is 1. The molecule has 8 heteroatoms. The highest BCUT2D eigenvalue weighted by atomic mass is 35.5. The lowest BCUT2D eigenvalue weighted by Crippen LogP contribution is -2.52. The average Bonchev–Trinajstić information content (AvgIpc) is 2.75. The Bertz CT molecular complexity index is 481. The van der Waals surface area contributed by atoms with E-state index in [1.54, 1.807) is 11.8 Å². The molecule has 1 aromatic rings. The fourth-order valence-corrected chi connectivity index (χ4v) is 2.83. The van der Waals surface area contributed by atoms with Crippen LogP contribution in [0.1, 0.15) is 24.2 Å². The van der Waals surface area contributed by atoms with Crippen molar-refractivity contribution < 1.29 is 9.53 Å². The third-order valence-electron chi connectivity index (χ3n) is 3.98. The van der Waals surface area contributed by atoms with Gasteiger partial charge in [-0.15, -0.1) is 24.8 Å². The minimum absolute atomic E-state index is 0. The van der Waals surface area contributed by atoms with Crippen LogP contribution in [0.3, 0.4) is 0 Å². The molecule has 0 aliphatic carbocycles. The highest BCUT2D eigenvalue weighted by Gasteiger charge is 2.30. The minimum Gasteiger partial charge on any atom is -0.381 e. The van der Waals surface area contributed by atoms with Gasteiger partial charge < -0.3 is 15.4 Å².